The molecule has 244 valence electrons. The first-order chi connectivity index (χ1) is 21.1. The van der Waals surface area contributed by atoms with Gasteiger partial charge in [0.05, 0.1) is 37.6 Å². The van der Waals surface area contributed by atoms with Crippen LogP contribution in [0.15, 0.2) is 23.8 Å². The number of hydrogen-bond acceptors (Lipinski definition) is 16. The third-order valence-corrected chi connectivity index (χ3v) is 9.51. The second-order valence-corrected chi connectivity index (χ2v) is 16.1. The van der Waals surface area contributed by atoms with Crippen molar-refractivity contribution in [2.45, 2.75) is 56.1 Å². The average Bonchev–Trinajstić information content (AvgIpc) is 3.71. The van der Waals surface area contributed by atoms with Crippen molar-refractivity contribution < 1.29 is 42.8 Å². The zero-order valence-corrected chi connectivity index (χ0v) is 26.6. The Kier molecular flexibility index (Phi) is 8.57. The molecular formula is C21H28N10O10P2S2. The van der Waals surface area contributed by atoms with Crippen molar-refractivity contribution >= 4 is 71.1 Å². The van der Waals surface area contributed by atoms with Crippen LogP contribution in [0.1, 0.15) is 32.2 Å². The van der Waals surface area contributed by atoms with E-state index in [0.717, 1.165) is 0 Å². The predicted octanol–water partition coefficient (Wildman–Crippen LogP) is -0.706. The fourth-order valence-electron chi connectivity index (χ4n) is 5.24. The van der Waals surface area contributed by atoms with Crippen molar-refractivity contribution in [2.24, 2.45) is 0 Å². The monoisotopic (exact) mass is 706 g/mol. The van der Waals surface area contributed by atoms with E-state index in [4.69, 9.17) is 46.3 Å². The summed E-state index contributed by atoms with van der Waals surface area (Å²) in [5, 5.41) is 10.9. The SMILES string of the molecule is C[C@@]1(COP(O)(=S)O[C@@H]2C[C@@H](COP(O)(O)=S)O[C@H]2n2cnc3c(=O)[nH]c(N)nc32)C[C@@H](O)[C@H](n2cnc3c(N)ncnc32)O1. The van der Waals surface area contributed by atoms with Crippen LogP contribution in [-0.2, 0) is 46.7 Å². The highest BCUT2D eigenvalue weighted by atomic mass is 32.5. The Bertz CT molecular complexity index is 1900. The topological polar surface area (TPSA) is 286 Å². The molecule has 7 atom stereocenters. The number of aliphatic hydroxyl groups is 1. The first kappa shape index (κ1) is 32.4. The zero-order chi connectivity index (χ0) is 32.3. The van der Waals surface area contributed by atoms with Gasteiger partial charge in [-0.15, -0.1) is 0 Å². The van der Waals surface area contributed by atoms with Gasteiger partial charge in [-0.1, -0.05) is 0 Å². The van der Waals surface area contributed by atoms with E-state index in [-0.39, 0.29) is 49.0 Å². The van der Waals surface area contributed by atoms with Crippen LogP contribution < -0.4 is 17.0 Å². The Morgan fingerprint density at radius 1 is 1.09 bits per heavy atom. The number of aromatic nitrogens is 8. The van der Waals surface area contributed by atoms with Gasteiger partial charge in [-0.25, -0.2) is 19.9 Å². The van der Waals surface area contributed by atoms with Crippen LogP contribution in [0.25, 0.3) is 22.3 Å². The number of anilines is 2. The minimum Gasteiger partial charge on any atom is -0.388 e. The number of nitrogen functional groups attached to an aromatic ring is 2. The first-order valence-corrected chi connectivity index (χ1v) is 18.4. The van der Waals surface area contributed by atoms with Gasteiger partial charge in [0, 0.05) is 12.8 Å². The summed E-state index contributed by atoms with van der Waals surface area (Å²) < 4.78 is 31.6. The standard InChI is InChI=1S/C21H28N10O10P2S2/c1-21(3-10(32)18(40-21)30-7-26-12-14(22)24-6-25-15(12)30)5-38-43(36,45)41-11-2-9(4-37-42(34,35)44)39-19(11)31-8-27-13-16(31)28-20(23)29-17(13)33/h6-11,18-19,32H,2-5H2,1H3,(H,36,45)(H2,22,24,25)(H2,34,35,44)(H3,23,28,29,33)/t9-,10+,11+,18+,19+,21-,43?/m0/s1. The number of nitrogens with two attached hydrogens (primary N) is 2. The summed E-state index contributed by atoms with van der Waals surface area (Å²) in [7, 11) is 0. The number of aliphatic hydroxyl groups excluding tert-OH is 1. The molecule has 0 aromatic carbocycles. The van der Waals surface area contributed by atoms with Gasteiger partial charge in [0.1, 0.15) is 24.1 Å². The van der Waals surface area contributed by atoms with E-state index in [0.29, 0.717) is 11.2 Å². The van der Waals surface area contributed by atoms with Crippen molar-refractivity contribution in [2.75, 3.05) is 24.7 Å². The van der Waals surface area contributed by atoms with E-state index in [1.165, 1.54) is 28.1 Å². The fourth-order valence-corrected chi connectivity index (χ4v) is 7.31. The number of nitrogens with zero attached hydrogens (tertiary/aromatic N) is 7. The fraction of sp³-hybridized carbons (Fsp3) is 0.524. The van der Waals surface area contributed by atoms with Gasteiger partial charge in [-0.2, -0.15) is 4.98 Å². The maximum absolute atomic E-state index is 12.3. The first-order valence-electron chi connectivity index (χ1n) is 13.1. The Balaban J connectivity index is 1.18. The lowest BCUT2D eigenvalue weighted by atomic mass is 10.0. The summed E-state index contributed by atoms with van der Waals surface area (Å²) >= 11 is 9.85. The molecule has 0 aliphatic carbocycles. The lowest BCUT2D eigenvalue weighted by molar-refractivity contribution is -0.0973. The molecule has 4 aromatic rings. The van der Waals surface area contributed by atoms with Crippen LogP contribution in [0.2, 0.25) is 0 Å². The van der Waals surface area contributed by atoms with E-state index in [9.17, 15) is 24.6 Å². The summed E-state index contributed by atoms with van der Waals surface area (Å²) in [6, 6.07) is 0. The van der Waals surface area contributed by atoms with Crippen molar-refractivity contribution in [1.82, 2.24) is 39.0 Å². The van der Waals surface area contributed by atoms with Gasteiger partial charge in [0.2, 0.25) is 5.95 Å². The van der Waals surface area contributed by atoms with E-state index >= 15 is 0 Å². The Labute approximate surface area is 262 Å². The van der Waals surface area contributed by atoms with Crippen LogP contribution in [0.3, 0.4) is 0 Å². The number of hydrogen-bond donors (Lipinski definition) is 7. The quantitative estimate of drug-likeness (QED) is 0.100. The highest BCUT2D eigenvalue weighted by molar-refractivity contribution is 8.07. The normalized spacial score (nSPS) is 28.7. The van der Waals surface area contributed by atoms with Crippen molar-refractivity contribution in [3.05, 3.63) is 29.3 Å². The highest BCUT2D eigenvalue weighted by Gasteiger charge is 2.47. The molecule has 4 aromatic heterocycles. The van der Waals surface area contributed by atoms with E-state index in [1.807, 2.05) is 0 Å². The molecule has 20 nitrogen and oxygen atoms in total. The maximum atomic E-state index is 12.3. The van der Waals surface area contributed by atoms with Crippen LogP contribution in [0.5, 0.6) is 0 Å². The van der Waals surface area contributed by atoms with Gasteiger partial charge in [-0.05, 0) is 30.5 Å². The molecule has 6 rings (SSSR count). The molecule has 0 saturated carbocycles. The van der Waals surface area contributed by atoms with Crippen LogP contribution in [0.4, 0.5) is 11.8 Å². The van der Waals surface area contributed by atoms with Gasteiger partial charge in [-0.3, -0.25) is 18.9 Å². The number of aromatic amines is 1. The summed E-state index contributed by atoms with van der Waals surface area (Å²) in [5.74, 6) is -0.00241. The molecule has 2 aliphatic heterocycles. The lowest BCUT2D eigenvalue weighted by Crippen LogP contribution is -2.31. The summed E-state index contributed by atoms with van der Waals surface area (Å²) in [4.78, 5) is 65.4. The molecule has 24 heteroatoms. The second kappa shape index (κ2) is 11.9. The molecule has 0 amide bonds. The van der Waals surface area contributed by atoms with Gasteiger partial charge >= 0.3 is 13.4 Å². The highest BCUT2D eigenvalue weighted by Crippen LogP contribution is 2.52. The molecule has 0 radical (unpaired) electrons. The second-order valence-electron chi connectivity index (χ2n) is 10.6. The number of rotatable bonds is 10. The molecule has 0 spiro atoms. The van der Waals surface area contributed by atoms with Crippen molar-refractivity contribution in [3.8, 4) is 0 Å². The van der Waals surface area contributed by atoms with E-state index in [2.05, 4.69) is 41.7 Å². The molecule has 1 unspecified atom stereocenters. The van der Waals surface area contributed by atoms with Gasteiger partial charge in [0.15, 0.2) is 35.1 Å². The molecule has 6 heterocycles. The average molecular weight is 707 g/mol. The van der Waals surface area contributed by atoms with Crippen molar-refractivity contribution in [1.29, 1.82) is 0 Å². The third kappa shape index (κ3) is 6.79. The molecule has 9 N–H and O–H groups in total. The number of fused-ring (bicyclic) bond motifs is 2. The minimum absolute atomic E-state index is 0.0217. The Morgan fingerprint density at radius 3 is 2.53 bits per heavy atom. The van der Waals surface area contributed by atoms with Gasteiger partial charge < -0.3 is 54.3 Å². The number of nitrogens with one attached hydrogen (secondary N) is 1. The van der Waals surface area contributed by atoms with Crippen LogP contribution in [0, 0.1) is 0 Å². The Morgan fingerprint density at radius 2 is 1.80 bits per heavy atom. The maximum Gasteiger partial charge on any atom is 0.325 e. The van der Waals surface area contributed by atoms with Crippen LogP contribution >= 0.6 is 13.4 Å². The third-order valence-electron chi connectivity index (χ3n) is 7.14. The Hall–Kier alpha value is -2.56. The van der Waals surface area contributed by atoms with Crippen molar-refractivity contribution in [3.63, 3.8) is 0 Å². The largest absolute Gasteiger partial charge is 0.388 e. The zero-order valence-electron chi connectivity index (χ0n) is 23.2. The summed E-state index contributed by atoms with van der Waals surface area (Å²) in [5.41, 5.74) is 10.6. The molecule has 2 saturated heterocycles. The number of H-pyrrole nitrogens is 1. The molecule has 2 fully saturated rings. The lowest BCUT2D eigenvalue weighted by Gasteiger charge is -2.29. The summed E-state index contributed by atoms with van der Waals surface area (Å²) in [6.07, 6.45) is -0.748. The number of imidazole rings is 2. The van der Waals surface area contributed by atoms with E-state index in [1.54, 1.807) is 6.92 Å². The molecular weight excluding hydrogens is 678 g/mol. The van der Waals surface area contributed by atoms with Crippen LogP contribution in [-0.4, -0.2) is 96.0 Å². The number of ether oxygens (including phenoxy) is 2. The smallest absolute Gasteiger partial charge is 0.325 e. The molecule has 45 heavy (non-hydrogen) atoms. The van der Waals surface area contributed by atoms with Gasteiger partial charge in [0.25, 0.3) is 5.56 Å². The van der Waals surface area contributed by atoms with E-state index < -0.39 is 55.4 Å². The summed E-state index contributed by atoms with van der Waals surface area (Å²) in [6.45, 7) is -6.99. The predicted molar refractivity (Wildman–Crippen MR) is 162 cm³/mol. The molecule has 2 aliphatic rings. The minimum atomic E-state index is -4.04. The molecule has 0 bridgehead atoms.